The summed E-state index contributed by atoms with van der Waals surface area (Å²) < 4.78 is 5.13. The Labute approximate surface area is 76.4 Å². The van der Waals surface area contributed by atoms with Crippen molar-refractivity contribution in [2.45, 2.75) is 12.5 Å². The number of hydrogen-bond donors (Lipinski definition) is 1. The van der Waals surface area contributed by atoms with Gasteiger partial charge in [-0.05, 0) is 18.3 Å². The molecule has 0 aromatic rings. The van der Waals surface area contributed by atoms with Crippen LogP contribution in [0, 0.1) is 23.7 Å². The Morgan fingerprint density at radius 1 is 1.46 bits per heavy atom. The first-order chi connectivity index (χ1) is 6.31. The van der Waals surface area contributed by atoms with Gasteiger partial charge in [0, 0.05) is 5.92 Å². The summed E-state index contributed by atoms with van der Waals surface area (Å²) in [6, 6.07) is 0. The number of aliphatic hydroxyl groups is 1. The van der Waals surface area contributed by atoms with E-state index in [1.54, 1.807) is 0 Å². The lowest BCUT2D eigenvalue weighted by molar-refractivity contribution is -0.146. The lowest BCUT2D eigenvalue weighted by Gasteiger charge is -2.19. The van der Waals surface area contributed by atoms with Crippen LogP contribution in [0.4, 0.5) is 0 Å². The number of allylic oxidation sites excluding steroid dienone is 2. The Morgan fingerprint density at radius 2 is 2.23 bits per heavy atom. The van der Waals surface area contributed by atoms with Gasteiger partial charge in [-0.3, -0.25) is 4.79 Å². The second-order valence-corrected chi connectivity index (χ2v) is 4.21. The van der Waals surface area contributed by atoms with Crippen LogP contribution in [0.2, 0.25) is 0 Å². The molecule has 1 N–H and O–H groups in total. The molecule has 3 heteroatoms. The van der Waals surface area contributed by atoms with E-state index in [0.717, 1.165) is 6.42 Å². The van der Waals surface area contributed by atoms with Gasteiger partial charge in [0.15, 0.2) is 0 Å². The minimum atomic E-state index is -0.238. The normalized spacial score (nSPS) is 51.2. The fraction of sp³-hybridized carbons (Fsp3) is 0.700. The number of carbonyl (C=O) groups excluding carboxylic acids is 1. The Kier molecular flexibility index (Phi) is 1.37. The van der Waals surface area contributed by atoms with Gasteiger partial charge in [-0.2, -0.15) is 0 Å². The summed E-state index contributed by atoms with van der Waals surface area (Å²) in [5, 5.41) is 9.06. The predicted molar refractivity (Wildman–Crippen MR) is 44.7 cm³/mol. The van der Waals surface area contributed by atoms with Crippen LogP contribution in [0.3, 0.4) is 0 Å². The number of esters is 1. The molecular weight excluding hydrogens is 168 g/mol. The molecular formula is C10H12O3. The van der Waals surface area contributed by atoms with Crippen LogP contribution >= 0.6 is 0 Å². The van der Waals surface area contributed by atoms with Gasteiger partial charge in [-0.25, -0.2) is 0 Å². The highest BCUT2D eigenvalue weighted by molar-refractivity contribution is 5.77. The molecule has 5 atom stereocenters. The van der Waals surface area contributed by atoms with Crippen molar-refractivity contribution >= 4 is 5.97 Å². The molecule has 1 saturated heterocycles. The number of rotatable bonds is 1. The van der Waals surface area contributed by atoms with E-state index in [2.05, 4.69) is 12.2 Å². The van der Waals surface area contributed by atoms with Crippen molar-refractivity contribution in [3.05, 3.63) is 12.2 Å². The molecule has 13 heavy (non-hydrogen) atoms. The summed E-state index contributed by atoms with van der Waals surface area (Å²) in [6.07, 6.45) is 5.15. The average molecular weight is 180 g/mol. The quantitative estimate of drug-likeness (QED) is 0.467. The Morgan fingerprint density at radius 3 is 3.00 bits per heavy atom. The molecule has 0 unspecified atom stereocenters. The molecule has 0 aromatic heterocycles. The van der Waals surface area contributed by atoms with E-state index in [4.69, 9.17) is 9.84 Å². The SMILES string of the molecule is O=C1O[C@H](CO)[C@@H]2[C@H]1[C@@H]1C=C[C@H]2C1. The number of cyclic esters (lactones) is 1. The molecule has 0 aromatic carbocycles. The maximum absolute atomic E-state index is 11.4. The van der Waals surface area contributed by atoms with Gasteiger partial charge in [0.05, 0.1) is 12.5 Å². The van der Waals surface area contributed by atoms with E-state index >= 15 is 0 Å². The summed E-state index contributed by atoms with van der Waals surface area (Å²) in [7, 11) is 0. The van der Waals surface area contributed by atoms with Gasteiger partial charge in [-0.15, -0.1) is 0 Å². The second-order valence-electron chi connectivity index (χ2n) is 4.21. The van der Waals surface area contributed by atoms with Gasteiger partial charge in [0.2, 0.25) is 0 Å². The largest absolute Gasteiger partial charge is 0.459 e. The van der Waals surface area contributed by atoms with E-state index in [9.17, 15) is 4.79 Å². The Balaban J connectivity index is 1.97. The van der Waals surface area contributed by atoms with Gasteiger partial charge < -0.3 is 9.84 Å². The molecule has 0 amide bonds. The summed E-state index contributed by atoms with van der Waals surface area (Å²) >= 11 is 0. The van der Waals surface area contributed by atoms with Crippen LogP contribution in [-0.2, 0) is 9.53 Å². The van der Waals surface area contributed by atoms with Gasteiger partial charge in [0.25, 0.3) is 0 Å². The molecule has 1 aliphatic heterocycles. The monoisotopic (exact) mass is 180 g/mol. The first-order valence-electron chi connectivity index (χ1n) is 4.81. The fourth-order valence-electron chi connectivity index (χ4n) is 3.16. The van der Waals surface area contributed by atoms with Gasteiger partial charge in [-0.1, -0.05) is 12.2 Å². The van der Waals surface area contributed by atoms with Crippen LogP contribution in [0.15, 0.2) is 12.2 Å². The highest BCUT2D eigenvalue weighted by Gasteiger charge is 2.57. The number of aliphatic hydroxyl groups excluding tert-OH is 1. The zero-order chi connectivity index (χ0) is 9.00. The number of ether oxygens (including phenoxy) is 1. The Hall–Kier alpha value is -0.830. The van der Waals surface area contributed by atoms with Crippen LogP contribution in [0.25, 0.3) is 0 Å². The van der Waals surface area contributed by atoms with Crippen molar-refractivity contribution in [3.63, 3.8) is 0 Å². The molecule has 3 nitrogen and oxygen atoms in total. The number of fused-ring (bicyclic) bond motifs is 5. The summed E-state index contributed by atoms with van der Waals surface area (Å²) in [5.41, 5.74) is 0. The van der Waals surface area contributed by atoms with E-state index in [0.29, 0.717) is 11.8 Å². The number of carbonyl (C=O) groups is 1. The molecule has 0 spiro atoms. The lowest BCUT2D eigenvalue weighted by Crippen LogP contribution is -2.27. The van der Waals surface area contributed by atoms with Crippen LogP contribution in [0.1, 0.15) is 6.42 Å². The first-order valence-corrected chi connectivity index (χ1v) is 4.81. The van der Waals surface area contributed by atoms with Crippen LogP contribution < -0.4 is 0 Å². The molecule has 2 aliphatic carbocycles. The lowest BCUT2D eigenvalue weighted by atomic mass is 9.82. The minimum Gasteiger partial charge on any atom is -0.459 e. The molecule has 1 saturated carbocycles. The molecule has 3 rings (SSSR count). The van der Waals surface area contributed by atoms with E-state index in [-0.39, 0.29) is 30.5 Å². The van der Waals surface area contributed by atoms with Crippen LogP contribution in [0.5, 0.6) is 0 Å². The third-order valence-corrected chi connectivity index (χ3v) is 3.67. The molecule has 70 valence electrons. The Bertz CT molecular complexity index is 284. The highest BCUT2D eigenvalue weighted by atomic mass is 16.6. The van der Waals surface area contributed by atoms with Crippen molar-refractivity contribution in [1.82, 2.24) is 0 Å². The minimum absolute atomic E-state index is 0.0238. The first kappa shape index (κ1) is 7.56. The molecule has 2 bridgehead atoms. The van der Waals surface area contributed by atoms with E-state index in [1.165, 1.54) is 0 Å². The smallest absolute Gasteiger partial charge is 0.310 e. The van der Waals surface area contributed by atoms with E-state index in [1.807, 2.05) is 0 Å². The van der Waals surface area contributed by atoms with Crippen molar-refractivity contribution in [1.29, 1.82) is 0 Å². The topological polar surface area (TPSA) is 46.5 Å². The van der Waals surface area contributed by atoms with Crippen molar-refractivity contribution in [2.24, 2.45) is 23.7 Å². The zero-order valence-corrected chi connectivity index (χ0v) is 7.22. The third kappa shape index (κ3) is 0.804. The average Bonchev–Trinajstić information content (AvgIpc) is 2.76. The number of hydrogen-bond acceptors (Lipinski definition) is 3. The summed E-state index contributed by atoms with van der Waals surface area (Å²) in [5.74, 6) is 1.07. The predicted octanol–water partition coefficient (Wildman–Crippen LogP) is 0.342. The maximum atomic E-state index is 11.4. The third-order valence-electron chi connectivity index (χ3n) is 3.67. The molecule has 3 aliphatic rings. The maximum Gasteiger partial charge on any atom is 0.310 e. The molecule has 0 radical (unpaired) electrons. The van der Waals surface area contributed by atoms with Crippen molar-refractivity contribution in [3.8, 4) is 0 Å². The van der Waals surface area contributed by atoms with Crippen molar-refractivity contribution in [2.75, 3.05) is 6.61 Å². The standard InChI is InChI=1S/C10H12O3/c11-4-7-8-5-1-2-6(3-5)9(8)10(12)13-7/h1-2,5-9,11H,3-4H2/t5-,6+,7+,8+,9+/m0/s1. The second kappa shape index (κ2) is 2.35. The summed E-state index contributed by atoms with van der Waals surface area (Å²) in [6.45, 7) is -0.0238. The van der Waals surface area contributed by atoms with Crippen molar-refractivity contribution < 1.29 is 14.6 Å². The van der Waals surface area contributed by atoms with Gasteiger partial charge in [0.1, 0.15) is 6.10 Å². The molecule has 1 heterocycles. The van der Waals surface area contributed by atoms with Crippen LogP contribution in [-0.4, -0.2) is 23.8 Å². The highest BCUT2D eigenvalue weighted by Crippen LogP contribution is 2.53. The zero-order valence-electron chi connectivity index (χ0n) is 7.22. The van der Waals surface area contributed by atoms with E-state index < -0.39 is 0 Å². The summed E-state index contributed by atoms with van der Waals surface area (Å²) in [4.78, 5) is 11.4. The molecule has 2 fully saturated rings. The fourth-order valence-corrected chi connectivity index (χ4v) is 3.16. The van der Waals surface area contributed by atoms with Gasteiger partial charge >= 0.3 is 5.97 Å².